The minimum atomic E-state index is -0.495. The van der Waals surface area contributed by atoms with Gasteiger partial charge in [-0.1, -0.05) is 12.1 Å². The fourth-order valence-electron chi connectivity index (χ4n) is 2.51. The number of carbonyl (C=O) groups excluding carboxylic acids is 1. The molecule has 2 aromatic carbocycles. The van der Waals surface area contributed by atoms with Gasteiger partial charge in [-0.15, -0.1) is 0 Å². The molecule has 130 valence electrons. The second kappa shape index (κ2) is 6.88. The molecular weight excluding hydrogens is 325 g/mol. The van der Waals surface area contributed by atoms with Gasteiger partial charge in [0.25, 0.3) is 11.6 Å². The highest BCUT2D eigenvalue weighted by Gasteiger charge is 2.25. The molecule has 0 bridgehead atoms. The third-order valence-electron chi connectivity index (χ3n) is 4.11. The third-order valence-corrected chi connectivity index (χ3v) is 4.11. The highest BCUT2D eigenvalue weighted by molar-refractivity contribution is 5.96. The summed E-state index contributed by atoms with van der Waals surface area (Å²) in [4.78, 5) is 23.2. The lowest BCUT2D eigenvalue weighted by Gasteiger charge is -2.15. The molecule has 0 aromatic heterocycles. The van der Waals surface area contributed by atoms with E-state index in [4.69, 9.17) is 0 Å². The Morgan fingerprint density at radius 2 is 1.92 bits per heavy atom. The number of nitrogens with one attached hydrogen (secondary N) is 2. The molecule has 25 heavy (non-hydrogen) atoms. The van der Waals surface area contributed by atoms with Gasteiger partial charge in [-0.25, -0.2) is 4.39 Å². The Hall–Kier alpha value is -2.96. The van der Waals surface area contributed by atoms with Crippen LogP contribution in [0.5, 0.6) is 0 Å². The summed E-state index contributed by atoms with van der Waals surface area (Å²) in [7, 11) is 0. The van der Waals surface area contributed by atoms with E-state index in [-0.39, 0.29) is 29.2 Å². The third kappa shape index (κ3) is 4.12. The van der Waals surface area contributed by atoms with E-state index in [0.717, 1.165) is 18.4 Å². The molecule has 1 atom stereocenters. The largest absolute Gasteiger partial charge is 0.377 e. The fourth-order valence-corrected chi connectivity index (χ4v) is 2.51. The van der Waals surface area contributed by atoms with Crippen molar-refractivity contribution in [3.05, 3.63) is 69.5 Å². The standard InChI is InChI=1S/C18H18FN3O3/c1-11(12-2-5-14(19)6-3-12)20-18(23)13-4-9-16(21-15-7-8-15)17(10-13)22(24)25/h2-6,9-11,15,21H,7-8H2,1H3,(H,20,23)/t11-/m0/s1. The summed E-state index contributed by atoms with van der Waals surface area (Å²) in [5.74, 6) is -0.769. The van der Waals surface area contributed by atoms with Crippen molar-refractivity contribution in [1.82, 2.24) is 5.32 Å². The molecule has 1 saturated carbocycles. The van der Waals surface area contributed by atoms with Gasteiger partial charge in [0.15, 0.2) is 0 Å². The van der Waals surface area contributed by atoms with E-state index in [2.05, 4.69) is 10.6 Å². The molecule has 2 N–H and O–H groups in total. The molecule has 1 fully saturated rings. The van der Waals surface area contributed by atoms with Gasteiger partial charge in [0.1, 0.15) is 11.5 Å². The average Bonchev–Trinajstić information content (AvgIpc) is 3.39. The Bertz CT molecular complexity index is 804. The van der Waals surface area contributed by atoms with Crippen molar-refractivity contribution in [2.45, 2.75) is 31.8 Å². The van der Waals surface area contributed by atoms with Gasteiger partial charge in [-0.2, -0.15) is 0 Å². The van der Waals surface area contributed by atoms with Gasteiger partial charge in [-0.05, 0) is 49.6 Å². The molecule has 0 aliphatic heterocycles. The van der Waals surface area contributed by atoms with Crippen LogP contribution >= 0.6 is 0 Å². The Kier molecular flexibility index (Phi) is 4.65. The summed E-state index contributed by atoms with van der Waals surface area (Å²) in [6.45, 7) is 1.77. The van der Waals surface area contributed by atoms with E-state index >= 15 is 0 Å². The number of hydrogen-bond donors (Lipinski definition) is 2. The van der Waals surface area contributed by atoms with E-state index in [1.807, 2.05) is 0 Å². The minimum absolute atomic E-state index is 0.117. The Balaban J connectivity index is 1.75. The van der Waals surface area contributed by atoms with Crippen molar-refractivity contribution in [2.24, 2.45) is 0 Å². The van der Waals surface area contributed by atoms with E-state index in [1.54, 1.807) is 31.2 Å². The van der Waals surface area contributed by atoms with Gasteiger partial charge in [0.05, 0.1) is 11.0 Å². The molecular formula is C18H18FN3O3. The molecule has 6 nitrogen and oxygen atoms in total. The SMILES string of the molecule is C[C@H](NC(=O)c1ccc(NC2CC2)c([N+](=O)[O-])c1)c1ccc(F)cc1. The number of halogens is 1. The number of hydrogen-bond acceptors (Lipinski definition) is 4. The highest BCUT2D eigenvalue weighted by Crippen LogP contribution is 2.31. The summed E-state index contributed by atoms with van der Waals surface area (Å²) in [5, 5.41) is 17.1. The van der Waals surface area contributed by atoms with Gasteiger partial charge in [-0.3, -0.25) is 14.9 Å². The van der Waals surface area contributed by atoms with Crippen molar-refractivity contribution in [3.63, 3.8) is 0 Å². The number of benzene rings is 2. The van der Waals surface area contributed by atoms with Gasteiger partial charge in [0.2, 0.25) is 0 Å². The molecule has 0 heterocycles. The first-order valence-electron chi connectivity index (χ1n) is 8.05. The van der Waals surface area contributed by atoms with E-state index < -0.39 is 10.8 Å². The maximum absolute atomic E-state index is 13.0. The molecule has 0 spiro atoms. The van der Waals surface area contributed by atoms with Crippen molar-refractivity contribution < 1.29 is 14.1 Å². The first kappa shape index (κ1) is 16.9. The summed E-state index contributed by atoms with van der Waals surface area (Å²) in [5.41, 5.74) is 1.27. The average molecular weight is 343 g/mol. The lowest BCUT2D eigenvalue weighted by Crippen LogP contribution is -2.26. The zero-order chi connectivity index (χ0) is 18.0. The first-order valence-corrected chi connectivity index (χ1v) is 8.05. The zero-order valence-electron chi connectivity index (χ0n) is 13.7. The van der Waals surface area contributed by atoms with E-state index in [1.165, 1.54) is 18.2 Å². The van der Waals surface area contributed by atoms with Crippen LogP contribution in [0, 0.1) is 15.9 Å². The molecule has 2 aromatic rings. The van der Waals surface area contributed by atoms with Crippen molar-refractivity contribution in [2.75, 3.05) is 5.32 Å². The molecule has 0 radical (unpaired) electrons. The number of anilines is 1. The highest BCUT2D eigenvalue weighted by atomic mass is 19.1. The summed E-state index contributed by atoms with van der Waals surface area (Å²) in [6.07, 6.45) is 1.99. The number of nitro benzene ring substituents is 1. The van der Waals surface area contributed by atoms with Gasteiger partial charge in [0, 0.05) is 17.7 Å². The monoisotopic (exact) mass is 343 g/mol. The maximum Gasteiger partial charge on any atom is 0.293 e. The summed E-state index contributed by atoms with van der Waals surface area (Å²) >= 11 is 0. The number of rotatable bonds is 6. The van der Waals surface area contributed by atoms with Gasteiger partial charge >= 0.3 is 0 Å². The number of nitrogens with zero attached hydrogens (tertiary/aromatic N) is 1. The smallest absolute Gasteiger partial charge is 0.293 e. The number of amides is 1. The van der Waals surface area contributed by atoms with Crippen LogP contribution in [-0.4, -0.2) is 16.9 Å². The predicted octanol–water partition coefficient (Wildman–Crippen LogP) is 3.80. The Morgan fingerprint density at radius 1 is 1.24 bits per heavy atom. The van der Waals surface area contributed by atoms with Crippen molar-refractivity contribution in [3.8, 4) is 0 Å². The zero-order valence-corrected chi connectivity index (χ0v) is 13.7. The van der Waals surface area contributed by atoms with Crippen molar-refractivity contribution >= 4 is 17.3 Å². The molecule has 1 amide bonds. The molecule has 0 saturated heterocycles. The topological polar surface area (TPSA) is 84.3 Å². The van der Waals surface area contributed by atoms with Crippen molar-refractivity contribution in [1.29, 1.82) is 0 Å². The fraction of sp³-hybridized carbons (Fsp3) is 0.278. The predicted molar refractivity (Wildman–Crippen MR) is 92.0 cm³/mol. The second-order valence-corrected chi connectivity index (χ2v) is 6.15. The quantitative estimate of drug-likeness (QED) is 0.617. The maximum atomic E-state index is 13.0. The Labute approximate surface area is 144 Å². The van der Waals surface area contributed by atoms with E-state index in [9.17, 15) is 19.3 Å². The van der Waals surface area contributed by atoms with Crippen LogP contribution in [-0.2, 0) is 0 Å². The van der Waals surface area contributed by atoms with Crippen LogP contribution in [0.3, 0.4) is 0 Å². The first-order chi connectivity index (χ1) is 11.9. The lowest BCUT2D eigenvalue weighted by molar-refractivity contribution is -0.384. The van der Waals surface area contributed by atoms with Crippen LogP contribution in [0.2, 0.25) is 0 Å². The van der Waals surface area contributed by atoms with Crippen LogP contribution in [0.25, 0.3) is 0 Å². The number of nitro groups is 1. The Morgan fingerprint density at radius 3 is 2.52 bits per heavy atom. The molecule has 0 unspecified atom stereocenters. The summed E-state index contributed by atoms with van der Waals surface area (Å²) < 4.78 is 13.0. The molecule has 7 heteroatoms. The summed E-state index contributed by atoms with van der Waals surface area (Å²) in [6, 6.07) is 10.1. The van der Waals surface area contributed by atoms with E-state index in [0.29, 0.717) is 5.69 Å². The minimum Gasteiger partial charge on any atom is -0.377 e. The normalized spacial score (nSPS) is 14.6. The molecule has 3 rings (SSSR count). The number of carbonyl (C=O) groups is 1. The van der Waals surface area contributed by atoms with Crippen LogP contribution < -0.4 is 10.6 Å². The lowest BCUT2D eigenvalue weighted by atomic mass is 10.1. The van der Waals surface area contributed by atoms with Crippen LogP contribution in [0.15, 0.2) is 42.5 Å². The molecule has 1 aliphatic rings. The van der Waals surface area contributed by atoms with Crippen LogP contribution in [0.4, 0.5) is 15.8 Å². The second-order valence-electron chi connectivity index (χ2n) is 6.15. The van der Waals surface area contributed by atoms with Crippen LogP contribution in [0.1, 0.15) is 41.7 Å². The molecule has 1 aliphatic carbocycles. The van der Waals surface area contributed by atoms with Gasteiger partial charge < -0.3 is 10.6 Å².